The van der Waals surface area contributed by atoms with Crippen LogP contribution in [0.3, 0.4) is 0 Å². The molecule has 1 saturated carbocycles. The first-order chi connectivity index (χ1) is 9.69. The zero-order chi connectivity index (χ0) is 14.5. The number of thioether (sulfide) groups is 1. The van der Waals surface area contributed by atoms with Crippen LogP contribution in [0.25, 0.3) is 0 Å². The molecule has 0 aromatic heterocycles. The van der Waals surface area contributed by atoms with E-state index in [1.54, 1.807) is 7.11 Å². The van der Waals surface area contributed by atoms with Crippen LogP contribution in [0, 0.1) is 17.8 Å². The quantitative estimate of drug-likeness (QED) is 0.629. The lowest BCUT2D eigenvalue weighted by Crippen LogP contribution is -2.21. The van der Waals surface area contributed by atoms with Gasteiger partial charge in [-0.05, 0) is 29.1 Å². The van der Waals surface area contributed by atoms with Crippen molar-refractivity contribution in [1.82, 2.24) is 0 Å². The summed E-state index contributed by atoms with van der Waals surface area (Å²) in [6.07, 6.45) is 11.4. The van der Waals surface area contributed by atoms with Gasteiger partial charge in [-0.25, -0.2) is 0 Å². The minimum Gasteiger partial charge on any atom is -0.384 e. The Morgan fingerprint density at radius 1 is 1.50 bits per heavy atom. The highest BCUT2D eigenvalue weighted by Gasteiger charge is 2.45. The van der Waals surface area contributed by atoms with Gasteiger partial charge in [0, 0.05) is 25.9 Å². The predicted molar refractivity (Wildman–Crippen MR) is 86.9 cm³/mol. The summed E-state index contributed by atoms with van der Waals surface area (Å²) in [6.45, 7) is 6.79. The second-order valence-corrected chi connectivity index (χ2v) is 7.11. The van der Waals surface area contributed by atoms with Gasteiger partial charge in [0.1, 0.15) is 0 Å². The molecule has 3 heteroatoms. The summed E-state index contributed by atoms with van der Waals surface area (Å²) in [5.41, 5.74) is 0. The first-order valence-electron chi connectivity index (χ1n) is 7.37. The Morgan fingerprint density at radius 2 is 2.30 bits per heavy atom. The molecule has 2 unspecified atom stereocenters. The van der Waals surface area contributed by atoms with E-state index in [1.165, 1.54) is 11.3 Å². The van der Waals surface area contributed by atoms with Crippen LogP contribution < -0.4 is 0 Å². The van der Waals surface area contributed by atoms with Crippen molar-refractivity contribution in [2.45, 2.75) is 31.1 Å². The van der Waals surface area contributed by atoms with Gasteiger partial charge in [-0.2, -0.15) is 0 Å². The highest BCUT2D eigenvalue weighted by Crippen LogP contribution is 2.51. The van der Waals surface area contributed by atoms with Gasteiger partial charge in [0.15, 0.2) is 0 Å². The van der Waals surface area contributed by atoms with Crippen molar-refractivity contribution in [3.8, 4) is 0 Å². The molecule has 112 valence electrons. The molecule has 5 atom stereocenters. The van der Waals surface area contributed by atoms with Gasteiger partial charge < -0.3 is 9.47 Å². The molecule has 0 heterocycles. The van der Waals surface area contributed by atoms with Crippen molar-refractivity contribution in [3.63, 3.8) is 0 Å². The summed E-state index contributed by atoms with van der Waals surface area (Å²) in [5.74, 6) is 2.03. The Kier molecular flexibility index (Phi) is 5.94. The van der Waals surface area contributed by atoms with Crippen LogP contribution in [0.1, 0.15) is 19.8 Å². The first-order valence-corrected chi connectivity index (χ1v) is 8.25. The fraction of sp³-hybridized carbons (Fsp3) is 0.647. The molecule has 0 spiro atoms. The van der Waals surface area contributed by atoms with Crippen LogP contribution >= 0.6 is 11.8 Å². The second kappa shape index (κ2) is 7.48. The van der Waals surface area contributed by atoms with Gasteiger partial charge in [-0.3, -0.25) is 0 Å². The van der Waals surface area contributed by atoms with E-state index in [0.717, 1.165) is 24.9 Å². The normalized spacial score (nSPS) is 31.6. The number of hydrogen-bond donors (Lipinski definition) is 0. The average Bonchev–Trinajstić information content (AvgIpc) is 3.21. The van der Waals surface area contributed by atoms with Crippen molar-refractivity contribution >= 4 is 11.8 Å². The highest BCUT2D eigenvalue weighted by molar-refractivity contribution is 8.03. The van der Waals surface area contributed by atoms with Crippen LogP contribution in [0.15, 0.2) is 35.8 Å². The molecule has 0 amide bonds. The summed E-state index contributed by atoms with van der Waals surface area (Å²) in [4.78, 5) is 1.48. The molecule has 0 radical (unpaired) electrons. The van der Waals surface area contributed by atoms with E-state index in [1.807, 2.05) is 31.0 Å². The minimum absolute atomic E-state index is 0.425. The van der Waals surface area contributed by atoms with Crippen LogP contribution in [0.5, 0.6) is 0 Å². The van der Waals surface area contributed by atoms with Crippen LogP contribution in [0.4, 0.5) is 0 Å². The average molecular weight is 294 g/mol. The van der Waals surface area contributed by atoms with E-state index in [-0.39, 0.29) is 0 Å². The zero-order valence-corrected chi connectivity index (χ0v) is 13.6. The Labute approximate surface area is 127 Å². The molecule has 2 aliphatic carbocycles. The molecule has 0 aliphatic heterocycles. The lowest BCUT2D eigenvalue weighted by molar-refractivity contribution is 0.0805. The van der Waals surface area contributed by atoms with Gasteiger partial charge in [-0.15, -0.1) is 11.8 Å². The number of hydrogen-bond acceptors (Lipinski definition) is 3. The van der Waals surface area contributed by atoms with Gasteiger partial charge in [0.25, 0.3) is 0 Å². The van der Waals surface area contributed by atoms with E-state index in [2.05, 4.69) is 25.7 Å². The van der Waals surface area contributed by atoms with Crippen LogP contribution in [0.2, 0.25) is 0 Å². The van der Waals surface area contributed by atoms with Crippen molar-refractivity contribution in [2.75, 3.05) is 20.8 Å². The molecule has 2 rings (SSSR count). The largest absolute Gasteiger partial charge is 0.384 e. The number of ether oxygens (including phenoxy) is 2. The molecule has 2 aliphatic rings. The summed E-state index contributed by atoms with van der Waals surface area (Å²) >= 11 is 1.97. The molecular formula is C17H26O2S. The third-order valence-electron chi connectivity index (χ3n) is 4.19. The van der Waals surface area contributed by atoms with Gasteiger partial charge >= 0.3 is 0 Å². The van der Waals surface area contributed by atoms with Crippen molar-refractivity contribution in [1.29, 1.82) is 0 Å². The fourth-order valence-electron chi connectivity index (χ4n) is 2.92. The van der Waals surface area contributed by atoms with E-state index >= 15 is 0 Å². The monoisotopic (exact) mass is 294 g/mol. The predicted octanol–water partition coefficient (Wildman–Crippen LogP) is 4.05. The standard InChI is InChI=1S/C17H26O2S/c1-5-6-7-17(12(2)11-18-3)20-14-8-13-9-15(13)16(10-14)19-4/h5-8,12-13,15-17H,1,9-11H2,2-4H3/b7-6-/t12?,13-,15+,16?,17-/m0/s1. The Morgan fingerprint density at radius 3 is 2.95 bits per heavy atom. The van der Waals surface area contributed by atoms with Gasteiger partial charge in [0.05, 0.1) is 12.7 Å². The molecule has 0 N–H and O–H groups in total. The molecular weight excluding hydrogens is 268 g/mol. The lowest BCUT2D eigenvalue weighted by Gasteiger charge is -2.25. The van der Waals surface area contributed by atoms with Crippen molar-refractivity contribution in [3.05, 3.63) is 35.8 Å². The smallest absolute Gasteiger partial charge is 0.0650 e. The van der Waals surface area contributed by atoms with Gasteiger partial charge in [-0.1, -0.05) is 37.8 Å². The van der Waals surface area contributed by atoms with Crippen molar-refractivity contribution < 1.29 is 9.47 Å². The van der Waals surface area contributed by atoms with E-state index < -0.39 is 0 Å². The molecule has 1 fully saturated rings. The molecule has 0 aromatic rings. The molecule has 2 nitrogen and oxygen atoms in total. The lowest BCUT2D eigenvalue weighted by atomic mass is 10.0. The zero-order valence-electron chi connectivity index (χ0n) is 12.7. The van der Waals surface area contributed by atoms with E-state index in [4.69, 9.17) is 9.47 Å². The summed E-state index contributed by atoms with van der Waals surface area (Å²) in [5, 5.41) is 0.437. The molecule has 0 aromatic carbocycles. The Bertz CT molecular complexity index is 388. The maximum atomic E-state index is 5.63. The van der Waals surface area contributed by atoms with Crippen molar-refractivity contribution in [2.24, 2.45) is 17.8 Å². The number of fused-ring (bicyclic) bond motifs is 1. The first kappa shape index (κ1) is 15.9. The van der Waals surface area contributed by atoms with Crippen LogP contribution in [-0.2, 0) is 9.47 Å². The summed E-state index contributed by atoms with van der Waals surface area (Å²) in [6, 6.07) is 0. The van der Waals surface area contributed by atoms with Gasteiger partial charge in [0.2, 0.25) is 0 Å². The minimum atomic E-state index is 0.425. The summed E-state index contributed by atoms with van der Waals surface area (Å²) < 4.78 is 10.9. The third-order valence-corrected chi connectivity index (χ3v) is 5.69. The summed E-state index contributed by atoms with van der Waals surface area (Å²) in [7, 11) is 3.61. The number of allylic oxidation sites excluding steroid dienone is 3. The second-order valence-electron chi connectivity index (χ2n) is 5.81. The van der Waals surface area contributed by atoms with E-state index in [9.17, 15) is 0 Å². The fourth-order valence-corrected chi connectivity index (χ4v) is 4.27. The van der Waals surface area contributed by atoms with E-state index in [0.29, 0.717) is 17.3 Å². The topological polar surface area (TPSA) is 18.5 Å². The Balaban J connectivity index is 1.99. The molecule has 0 bridgehead atoms. The third kappa shape index (κ3) is 4.00. The van der Waals surface area contributed by atoms with Crippen LogP contribution in [-0.4, -0.2) is 32.2 Å². The highest BCUT2D eigenvalue weighted by atomic mass is 32.2. The number of rotatable bonds is 8. The maximum Gasteiger partial charge on any atom is 0.0650 e. The SMILES string of the molecule is C=C/C=C\[C@H](SC1=C[C@H]2C[C@H]2C(OC)C1)C(C)COC. The number of methoxy groups -OCH3 is 2. The molecule has 0 saturated heterocycles. The maximum absolute atomic E-state index is 5.63. The Hall–Kier alpha value is -0.510. The molecule has 20 heavy (non-hydrogen) atoms.